The highest BCUT2D eigenvalue weighted by molar-refractivity contribution is 6.32. The van der Waals surface area contributed by atoms with Crippen LogP contribution in [0.2, 0.25) is 5.02 Å². The summed E-state index contributed by atoms with van der Waals surface area (Å²) in [6.07, 6.45) is -4.93. The second-order valence-corrected chi connectivity index (χ2v) is 4.47. The van der Waals surface area contributed by atoms with E-state index in [2.05, 4.69) is 10.8 Å². The quantitative estimate of drug-likeness (QED) is 0.821. The average Bonchev–Trinajstić information content (AvgIpc) is 2.45. The summed E-state index contributed by atoms with van der Waals surface area (Å²) in [5.74, 6) is -0.715. The molecule has 2 rings (SSSR count). The van der Waals surface area contributed by atoms with Gasteiger partial charge in [-0.2, -0.15) is 10.5 Å². The van der Waals surface area contributed by atoms with Gasteiger partial charge in [0, 0.05) is 11.6 Å². The van der Waals surface area contributed by atoms with Gasteiger partial charge in [0.05, 0.1) is 10.6 Å². The molecule has 0 heterocycles. The third-order valence-corrected chi connectivity index (χ3v) is 3.00. The Morgan fingerprint density at radius 3 is 2.41 bits per heavy atom. The Hall–Kier alpha value is -2.70. The molecule has 0 aliphatic heterocycles. The highest BCUT2D eigenvalue weighted by atomic mass is 35.5. The smallest absolute Gasteiger partial charge is 0.404 e. The summed E-state index contributed by atoms with van der Waals surface area (Å²) in [6, 6.07) is 12.7. The molecule has 0 spiro atoms. The molecular formula is C15H5ClF3N2O. The molecule has 0 aliphatic carbocycles. The minimum absolute atomic E-state index is 0.134. The summed E-state index contributed by atoms with van der Waals surface area (Å²) in [7, 11) is 0. The van der Waals surface area contributed by atoms with Crippen LogP contribution in [0.1, 0.15) is 11.1 Å². The number of halogens is 4. The number of rotatable bonds is 2. The molecule has 0 aliphatic rings. The first-order valence-electron chi connectivity index (χ1n) is 5.76. The molecule has 2 aromatic carbocycles. The maximum atomic E-state index is 12.3. The van der Waals surface area contributed by atoms with Crippen LogP contribution in [0.25, 0.3) is 11.1 Å². The molecule has 0 saturated carbocycles. The first-order valence-corrected chi connectivity index (χ1v) is 6.14. The molecule has 1 radical (unpaired) electrons. The van der Waals surface area contributed by atoms with Crippen molar-refractivity contribution in [2.75, 3.05) is 0 Å². The van der Waals surface area contributed by atoms with Crippen LogP contribution >= 0.6 is 11.6 Å². The fourth-order valence-corrected chi connectivity index (χ4v) is 2.02. The van der Waals surface area contributed by atoms with Gasteiger partial charge in [0.25, 0.3) is 0 Å². The molecule has 22 heavy (non-hydrogen) atoms. The van der Waals surface area contributed by atoms with Crippen molar-refractivity contribution in [1.82, 2.24) is 0 Å². The number of benzene rings is 2. The normalized spacial score (nSPS) is 10.6. The van der Waals surface area contributed by atoms with Gasteiger partial charge in [-0.3, -0.25) is 0 Å². The minimum atomic E-state index is -4.93. The van der Waals surface area contributed by atoms with Crippen LogP contribution in [0.5, 0.6) is 5.75 Å². The third-order valence-electron chi connectivity index (χ3n) is 2.69. The number of hydrogen-bond acceptors (Lipinski definition) is 3. The zero-order valence-electron chi connectivity index (χ0n) is 10.7. The molecule has 0 saturated heterocycles. The van der Waals surface area contributed by atoms with Crippen molar-refractivity contribution in [3.63, 3.8) is 0 Å². The molecule has 0 atom stereocenters. The maximum Gasteiger partial charge on any atom is 0.573 e. The molecule has 2 aromatic rings. The molecule has 0 unspecified atom stereocenters. The predicted molar refractivity (Wildman–Crippen MR) is 71.8 cm³/mol. The Morgan fingerprint density at radius 1 is 1.14 bits per heavy atom. The fraction of sp³-hybridized carbons (Fsp3) is 0.0667. The van der Waals surface area contributed by atoms with Gasteiger partial charge in [-0.1, -0.05) is 23.7 Å². The van der Waals surface area contributed by atoms with Crippen LogP contribution in [-0.4, -0.2) is 6.36 Å². The fourth-order valence-electron chi connectivity index (χ4n) is 1.80. The van der Waals surface area contributed by atoms with Crippen molar-refractivity contribution in [1.29, 1.82) is 10.5 Å². The van der Waals surface area contributed by atoms with Gasteiger partial charge in [-0.25, -0.2) is 0 Å². The predicted octanol–water partition coefficient (Wildman–Crippen LogP) is 4.45. The summed E-state index contributed by atoms with van der Waals surface area (Å²) in [6.45, 7) is 0. The lowest BCUT2D eigenvalue weighted by atomic mass is 9.98. The monoisotopic (exact) mass is 321 g/mol. The van der Waals surface area contributed by atoms with E-state index in [4.69, 9.17) is 22.1 Å². The molecule has 7 heteroatoms. The van der Waals surface area contributed by atoms with Crippen LogP contribution in [0.3, 0.4) is 0 Å². The average molecular weight is 322 g/mol. The Kier molecular flexibility index (Phi) is 4.25. The zero-order chi connectivity index (χ0) is 16.3. The van der Waals surface area contributed by atoms with Gasteiger partial charge in [0.2, 0.25) is 0 Å². The van der Waals surface area contributed by atoms with E-state index in [1.54, 1.807) is 6.07 Å². The first-order chi connectivity index (χ1) is 10.4. The summed E-state index contributed by atoms with van der Waals surface area (Å²) in [4.78, 5) is 0. The van der Waals surface area contributed by atoms with Gasteiger partial charge in [-0.15, -0.1) is 13.2 Å². The van der Waals surface area contributed by atoms with E-state index in [9.17, 15) is 13.2 Å². The Morgan fingerprint density at radius 2 is 1.86 bits per heavy atom. The maximum absolute atomic E-state index is 12.3. The van der Waals surface area contributed by atoms with E-state index in [0.717, 1.165) is 0 Å². The Balaban J connectivity index is 2.57. The molecule has 0 bridgehead atoms. The largest absolute Gasteiger partial charge is 0.573 e. The second kappa shape index (κ2) is 5.97. The van der Waals surface area contributed by atoms with E-state index in [-0.39, 0.29) is 21.7 Å². The molecular weight excluding hydrogens is 317 g/mol. The topological polar surface area (TPSA) is 56.8 Å². The molecule has 0 amide bonds. The van der Waals surface area contributed by atoms with Crippen molar-refractivity contribution in [3.8, 4) is 29.0 Å². The Labute approximate surface area is 128 Å². The standard InChI is InChI=1S/C15H5ClF3N2O/c16-13-6-9(4-5-10(13)7-20)11-2-1-3-14(12(11)8-21)22-15(17,18)19/h1-2,4-6H. The summed E-state index contributed by atoms with van der Waals surface area (Å²) in [5.41, 5.74) is 0.493. The zero-order valence-corrected chi connectivity index (χ0v) is 11.5. The highest BCUT2D eigenvalue weighted by Crippen LogP contribution is 2.34. The van der Waals surface area contributed by atoms with Gasteiger partial charge in [-0.05, 0) is 23.8 Å². The molecule has 0 aromatic heterocycles. The summed E-state index contributed by atoms with van der Waals surface area (Å²) >= 11 is 5.90. The lowest BCUT2D eigenvalue weighted by Gasteiger charge is -2.12. The first kappa shape index (κ1) is 15.7. The van der Waals surface area contributed by atoms with E-state index in [0.29, 0.717) is 5.56 Å². The summed E-state index contributed by atoms with van der Waals surface area (Å²) in [5, 5.41) is 18.1. The van der Waals surface area contributed by atoms with Gasteiger partial charge >= 0.3 is 6.36 Å². The number of nitriles is 2. The van der Waals surface area contributed by atoms with Crippen molar-refractivity contribution in [2.24, 2.45) is 0 Å². The van der Waals surface area contributed by atoms with Crippen molar-refractivity contribution < 1.29 is 17.9 Å². The van der Waals surface area contributed by atoms with E-state index in [1.807, 2.05) is 6.07 Å². The van der Waals surface area contributed by atoms with Gasteiger partial charge < -0.3 is 4.74 Å². The van der Waals surface area contributed by atoms with E-state index in [1.165, 1.54) is 30.3 Å². The lowest BCUT2D eigenvalue weighted by Crippen LogP contribution is -2.18. The number of nitrogens with zero attached hydrogens (tertiary/aromatic N) is 2. The van der Waals surface area contributed by atoms with E-state index >= 15 is 0 Å². The van der Waals surface area contributed by atoms with Gasteiger partial charge in [0.15, 0.2) is 5.75 Å². The lowest BCUT2D eigenvalue weighted by molar-refractivity contribution is -0.274. The van der Waals surface area contributed by atoms with Crippen LogP contribution in [0.15, 0.2) is 30.3 Å². The molecule has 109 valence electrons. The number of hydrogen-bond donors (Lipinski definition) is 0. The van der Waals surface area contributed by atoms with Crippen molar-refractivity contribution in [2.45, 2.75) is 6.36 Å². The second-order valence-electron chi connectivity index (χ2n) is 4.06. The third kappa shape index (κ3) is 3.30. The van der Waals surface area contributed by atoms with Crippen LogP contribution < -0.4 is 4.74 Å². The number of alkyl halides is 3. The SMILES string of the molecule is N#Cc1ccc(-c2cc[c]c(OC(F)(F)F)c2C#N)cc1Cl. The van der Waals surface area contributed by atoms with Crippen molar-refractivity contribution >= 4 is 11.6 Å². The molecule has 0 fully saturated rings. The summed E-state index contributed by atoms with van der Waals surface area (Å²) < 4.78 is 40.8. The van der Waals surface area contributed by atoms with Crippen molar-refractivity contribution in [3.05, 3.63) is 52.5 Å². The van der Waals surface area contributed by atoms with Crippen LogP contribution in [0.4, 0.5) is 13.2 Å². The van der Waals surface area contributed by atoms with Gasteiger partial charge in [0.1, 0.15) is 17.7 Å². The highest BCUT2D eigenvalue weighted by Gasteiger charge is 2.32. The molecule has 3 nitrogen and oxygen atoms in total. The van der Waals surface area contributed by atoms with Crippen LogP contribution in [0, 0.1) is 28.7 Å². The molecule has 0 N–H and O–H groups in total. The van der Waals surface area contributed by atoms with Crippen LogP contribution in [-0.2, 0) is 0 Å². The van der Waals surface area contributed by atoms with E-state index < -0.39 is 12.1 Å². The number of ether oxygens (including phenoxy) is 1. The Bertz CT molecular complexity index is 804. The minimum Gasteiger partial charge on any atom is -0.404 e.